The van der Waals surface area contributed by atoms with Crippen LogP contribution in [0, 0.1) is 11.8 Å². The number of amides is 2. The molecule has 0 aromatic rings. The highest BCUT2D eigenvalue weighted by atomic mass is 16.2. The third-order valence-corrected chi connectivity index (χ3v) is 3.61. The van der Waals surface area contributed by atoms with Gasteiger partial charge in [-0.15, -0.1) is 0 Å². The number of nitrogens with one attached hydrogen (secondary N) is 1. The zero-order valence-corrected chi connectivity index (χ0v) is 11.6. The molecule has 0 aromatic heterocycles. The number of carbonyl (C=O) groups is 2. The van der Waals surface area contributed by atoms with Crippen LogP contribution in [0.5, 0.6) is 0 Å². The van der Waals surface area contributed by atoms with Gasteiger partial charge in [0.2, 0.25) is 11.8 Å². The summed E-state index contributed by atoms with van der Waals surface area (Å²) in [7, 11) is 1.67. The zero-order valence-electron chi connectivity index (χ0n) is 11.6. The SMILES string of the molecule is CCNC(=O)CN(C)C(=O)C1CC(C)CCC1N. The van der Waals surface area contributed by atoms with Crippen molar-refractivity contribution >= 4 is 11.8 Å². The monoisotopic (exact) mass is 255 g/mol. The van der Waals surface area contributed by atoms with Crippen molar-refractivity contribution < 1.29 is 9.59 Å². The number of nitrogens with zero attached hydrogens (tertiary/aromatic N) is 1. The molecule has 3 atom stereocenters. The minimum absolute atomic E-state index is 0.000281. The van der Waals surface area contributed by atoms with Crippen LogP contribution in [0.15, 0.2) is 0 Å². The second-order valence-corrected chi connectivity index (χ2v) is 5.34. The summed E-state index contributed by atoms with van der Waals surface area (Å²) in [6, 6.07) is -0.0645. The number of hydrogen-bond acceptors (Lipinski definition) is 3. The molecule has 3 unspecified atom stereocenters. The van der Waals surface area contributed by atoms with Crippen LogP contribution in [-0.4, -0.2) is 42.9 Å². The van der Waals surface area contributed by atoms with Gasteiger partial charge in [-0.3, -0.25) is 9.59 Å². The smallest absolute Gasteiger partial charge is 0.239 e. The fourth-order valence-electron chi connectivity index (χ4n) is 2.52. The van der Waals surface area contributed by atoms with Gasteiger partial charge in [-0.25, -0.2) is 0 Å². The third-order valence-electron chi connectivity index (χ3n) is 3.61. The summed E-state index contributed by atoms with van der Waals surface area (Å²) < 4.78 is 0. The molecule has 18 heavy (non-hydrogen) atoms. The van der Waals surface area contributed by atoms with Crippen LogP contribution in [0.4, 0.5) is 0 Å². The van der Waals surface area contributed by atoms with Crippen LogP contribution in [0.25, 0.3) is 0 Å². The van der Waals surface area contributed by atoms with E-state index in [1.807, 2.05) is 6.92 Å². The Bertz CT molecular complexity index is 307. The summed E-state index contributed by atoms with van der Waals surface area (Å²) in [4.78, 5) is 25.2. The molecule has 0 aromatic carbocycles. The van der Waals surface area contributed by atoms with Gasteiger partial charge in [0.1, 0.15) is 0 Å². The Hall–Kier alpha value is -1.10. The molecule has 0 spiro atoms. The van der Waals surface area contributed by atoms with E-state index in [4.69, 9.17) is 5.73 Å². The highest BCUT2D eigenvalue weighted by molar-refractivity contribution is 5.86. The van der Waals surface area contributed by atoms with E-state index in [9.17, 15) is 9.59 Å². The lowest BCUT2D eigenvalue weighted by Crippen LogP contribution is -2.48. The van der Waals surface area contributed by atoms with E-state index in [0.29, 0.717) is 12.5 Å². The first kappa shape index (κ1) is 15.0. The van der Waals surface area contributed by atoms with Crippen LogP contribution < -0.4 is 11.1 Å². The van der Waals surface area contributed by atoms with Crippen molar-refractivity contribution in [2.24, 2.45) is 17.6 Å². The molecule has 1 aliphatic carbocycles. The fraction of sp³-hybridized carbons (Fsp3) is 0.846. The van der Waals surface area contributed by atoms with Crippen molar-refractivity contribution in [1.82, 2.24) is 10.2 Å². The Labute approximate surface area is 109 Å². The van der Waals surface area contributed by atoms with E-state index >= 15 is 0 Å². The lowest BCUT2D eigenvalue weighted by atomic mass is 9.78. The average Bonchev–Trinajstić information content (AvgIpc) is 2.31. The van der Waals surface area contributed by atoms with Gasteiger partial charge >= 0.3 is 0 Å². The van der Waals surface area contributed by atoms with Gasteiger partial charge in [-0.2, -0.15) is 0 Å². The zero-order chi connectivity index (χ0) is 13.7. The molecule has 0 aliphatic heterocycles. The summed E-state index contributed by atoms with van der Waals surface area (Å²) in [5, 5.41) is 2.69. The molecular weight excluding hydrogens is 230 g/mol. The standard InChI is InChI=1S/C13H25N3O2/c1-4-15-12(17)8-16(3)13(18)10-7-9(2)5-6-11(10)14/h9-11H,4-8,14H2,1-3H3,(H,15,17). The van der Waals surface area contributed by atoms with Gasteiger partial charge in [-0.1, -0.05) is 6.92 Å². The maximum absolute atomic E-state index is 12.3. The van der Waals surface area contributed by atoms with Gasteiger partial charge in [-0.05, 0) is 32.1 Å². The molecule has 5 nitrogen and oxygen atoms in total. The highest BCUT2D eigenvalue weighted by Gasteiger charge is 2.33. The largest absolute Gasteiger partial charge is 0.355 e. The Morgan fingerprint density at radius 1 is 1.39 bits per heavy atom. The van der Waals surface area contributed by atoms with Crippen LogP contribution in [-0.2, 0) is 9.59 Å². The van der Waals surface area contributed by atoms with Crippen LogP contribution >= 0.6 is 0 Å². The molecule has 104 valence electrons. The maximum atomic E-state index is 12.3. The van der Waals surface area contributed by atoms with Gasteiger partial charge < -0.3 is 16.0 Å². The maximum Gasteiger partial charge on any atom is 0.239 e. The second-order valence-electron chi connectivity index (χ2n) is 5.34. The van der Waals surface area contributed by atoms with Gasteiger partial charge in [0, 0.05) is 19.6 Å². The number of rotatable bonds is 4. The number of carbonyl (C=O) groups excluding carboxylic acids is 2. The third kappa shape index (κ3) is 3.98. The molecule has 1 saturated carbocycles. The molecule has 3 N–H and O–H groups in total. The Morgan fingerprint density at radius 2 is 2.06 bits per heavy atom. The van der Waals surface area contributed by atoms with E-state index in [-0.39, 0.29) is 30.3 Å². The molecule has 0 saturated heterocycles. The van der Waals surface area contributed by atoms with E-state index < -0.39 is 0 Å². The van der Waals surface area contributed by atoms with Crippen LogP contribution in [0.2, 0.25) is 0 Å². The summed E-state index contributed by atoms with van der Waals surface area (Å²) in [5.41, 5.74) is 6.02. The Kier molecular flexibility index (Phi) is 5.59. The van der Waals surface area contributed by atoms with Gasteiger partial charge in [0.25, 0.3) is 0 Å². The quantitative estimate of drug-likeness (QED) is 0.761. The van der Waals surface area contributed by atoms with Crippen molar-refractivity contribution in [2.75, 3.05) is 20.1 Å². The lowest BCUT2D eigenvalue weighted by molar-refractivity contribution is -0.139. The first-order valence-electron chi connectivity index (χ1n) is 6.73. The fourth-order valence-corrected chi connectivity index (χ4v) is 2.52. The van der Waals surface area contributed by atoms with Crippen molar-refractivity contribution in [3.8, 4) is 0 Å². The van der Waals surface area contributed by atoms with Crippen molar-refractivity contribution in [2.45, 2.75) is 39.2 Å². The molecule has 5 heteroatoms. The van der Waals surface area contributed by atoms with Gasteiger partial charge in [0.05, 0.1) is 12.5 Å². The molecule has 0 heterocycles. The van der Waals surface area contributed by atoms with E-state index in [0.717, 1.165) is 19.3 Å². The number of nitrogens with two attached hydrogens (primary N) is 1. The van der Waals surface area contributed by atoms with Crippen LogP contribution in [0.3, 0.4) is 0 Å². The van der Waals surface area contributed by atoms with Crippen molar-refractivity contribution in [3.63, 3.8) is 0 Å². The summed E-state index contributed by atoms with van der Waals surface area (Å²) in [6.45, 7) is 4.71. The summed E-state index contributed by atoms with van der Waals surface area (Å²) in [6.07, 6.45) is 2.82. The second kappa shape index (κ2) is 6.73. The molecule has 2 amide bonds. The molecule has 0 bridgehead atoms. The lowest BCUT2D eigenvalue weighted by Gasteiger charge is -2.33. The predicted molar refractivity (Wildman–Crippen MR) is 70.8 cm³/mol. The molecule has 1 fully saturated rings. The highest BCUT2D eigenvalue weighted by Crippen LogP contribution is 2.29. The molecule has 0 radical (unpaired) electrons. The van der Waals surface area contributed by atoms with E-state index in [1.165, 1.54) is 4.90 Å². The summed E-state index contributed by atoms with van der Waals surface area (Å²) in [5.74, 6) is 0.288. The van der Waals surface area contributed by atoms with Gasteiger partial charge in [0.15, 0.2) is 0 Å². The predicted octanol–water partition coefficient (Wildman–Crippen LogP) is 0.344. The molecular formula is C13H25N3O2. The number of likely N-dealkylation sites (N-methyl/N-ethyl adjacent to an activating group) is 2. The van der Waals surface area contributed by atoms with Crippen LogP contribution in [0.1, 0.15) is 33.1 Å². The first-order valence-corrected chi connectivity index (χ1v) is 6.73. The molecule has 1 rings (SSSR count). The minimum atomic E-state index is -0.131. The molecule has 1 aliphatic rings. The summed E-state index contributed by atoms with van der Waals surface area (Å²) >= 11 is 0. The van der Waals surface area contributed by atoms with Crippen molar-refractivity contribution in [3.05, 3.63) is 0 Å². The van der Waals surface area contributed by atoms with Crippen molar-refractivity contribution in [1.29, 1.82) is 0 Å². The number of hydrogen-bond donors (Lipinski definition) is 2. The normalized spacial score (nSPS) is 27.7. The Balaban J connectivity index is 2.54. The minimum Gasteiger partial charge on any atom is -0.355 e. The topological polar surface area (TPSA) is 75.4 Å². The average molecular weight is 255 g/mol. The van der Waals surface area contributed by atoms with E-state index in [2.05, 4.69) is 12.2 Å². The Morgan fingerprint density at radius 3 is 2.67 bits per heavy atom. The van der Waals surface area contributed by atoms with E-state index in [1.54, 1.807) is 7.05 Å². The first-order chi connectivity index (χ1) is 8.45.